The zero-order valence-electron chi connectivity index (χ0n) is 12.0. The first-order valence-corrected chi connectivity index (χ1v) is 6.97. The first-order chi connectivity index (χ1) is 10.9. The van der Waals surface area contributed by atoms with E-state index in [4.69, 9.17) is 16.3 Å². The van der Waals surface area contributed by atoms with E-state index in [1.165, 1.54) is 25.1 Å². The minimum atomic E-state index is -1.19. The van der Waals surface area contributed by atoms with Crippen LogP contribution in [0.5, 0.6) is 0 Å². The number of hydrogen-bond donors (Lipinski definition) is 1. The molecular weight excluding hydrogens is 328 g/mol. The molecule has 0 spiro atoms. The predicted octanol–water partition coefficient (Wildman–Crippen LogP) is 3.80. The topological polar surface area (TPSA) is 55.4 Å². The standard InChI is InChI=1S/C16H12ClF2NO3/c1-9(15(21)20-14-5-3-2-4-13(14)19)23-16(22)11-7-6-10(18)8-12(11)17/h2-9H,1H3,(H,20,21)/t9-/m1/s1. The van der Waals surface area contributed by atoms with Gasteiger partial charge in [0, 0.05) is 0 Å². The summed E-state index contributed by atoms with van der Waals surface area (Å²) >= 11 is 5.75. The Morgan fingerprint density at radius 2 is 1.87 bits per heavy atom. The Morgan fingerprint density at radius 1 is 1.17 bits per heavy atom. The van der Waals surface area contributed by atoms with E-state index in [0.29, 0.717) is 0 Å². The van der Waals surface area contributed by atoms with Crippen LogP contribution in [0.3, 0.4) is 0 Å². The van der Waals surface area contributed by atoms with Crippen molar-refractivity contribution < 1.29 is 23.1 Å². The van der Waals surface area contributed by atoms with Gasteiger partial charge in [-0.25, -0.2) is 13.6 Å². The van der Waals surface area contributed by atoms with Crippen molar-refractivity contribution in [1.29, 1.82) is 0 Å². The lowest BCUT2D eigenvalue weighted by Crippen LogP contribution is -2.30. The number of carbonyl (C=O) groups is 2. The van der Waals surface area contributed by atoms with Gasteiger partial charge in [0.1, 0.15) is 11.6 Å². The van der Waals surface area contributed by atoms with E-state index in [1.807, 2.05) is 0 Å². The normalized spacial score (nSPS) is 11.7. The summed E-state index contributed by atoms with van der Waals surface area (Å²) in [5, 5.41) is 2.18. The van der Waals surface area contributed by atoms with Crippen molar-refractivity contribution in [3.63, 3.8) is 0 Å². The highest BCUT2D eigenvalue weighted by molar-refractivity contribution is 6.33. The molecular formula is C16H12ClF2NO3. The van der Waals surface area contributed by atoms with Crippen LogP contribution in [0.25, 0.3) is 0 Å². The van der Waals surface area contributed by atoms with E-state index in [-0.39, 0.29) is 16.3 Å². The summed E-state index contributed by atoms with van der Waals surface area (Å²) in [6, 6.07) is 8.75. The summed E-state index contributed by atoms with van der Waals surface area (Å²) in [6.45, 7) is 1.32. The first kappa shape index (κ1) is 16.9. The maximum Gasteiger partial charge on any atom is 0.340 e. The predicted molar refractivity (Wildman–Crippen MR) is 81.3 cm³/mol. The summed E-state index contributed by atoms with van der Waals surface area (Å²) in [7, 11) is 0. The molecule has 1 N–H and O–H groups in total. The van der Waals surface area contributed by atoms with Crippen molar-refractivity contribution in [1.82, 2.24) is 0 Å². The summed E-state index contributed by atoms with van der Waals surface area (Å²) < 4.78 is 31.4. The van der Waals surface area contributed by atoms with Crippen LogP contribution in [-0.2, 0) is 9.53 Å². The van der Waals surface area contributed by atoms with Gasteiger partial charge in [0.25, 0.3) is 5.91 Å². The number of esters is 1. The van der Waals surface area contributed by atoms with Gasteiger partial charge in [0.05, 0.1) is 16.3 Å². The maximum absolute atomic E-state index is 13.5. The molecule has 7 heteroatoms. The lowest BCUT2D eigenvalue weighted by Gasteiger charge is -2.14. The van der Waals surface area contributed by atoms with Crippen LogP contribution in [0.2, 0.25) is 5.02 Å². The number of carbonyl (C=O) groups excluding carboxylic acids is 2. The van der Waals surface area contributed by atoms with Crippen LogP contribution in [0.4, 0.5) is 14.5 Å². The van der Waals surface area contributed by atoms with E-state index in [0.717, 1.165) is 18.2 Å². The fraction of sp³-hybridized carbons (Fsp3) is 0.125. The fourth-order valence-corrected chi connectivity index (χ4v) is 1.97. The van der Waals surface area contributed by atoms with Crippen molar-refractivity contribution in [2.45, 2.75) is 13.0 Å². The molecule has 120 valence electrons. The Morgan fingerprint density at radius 3 is 2.52 bits per heavy atom. The summed E-state index contributed by atoms with van der Waals surface area (Å²) in [5.74, 6) is -2.80. The largest absolute Gasteiger partial charge is 0.449 e. The van der Waals surface area contributed by atoms with E-state index < -0.39 is 29.6 Å². The van der Waals surface area contributed by atoms with Gasteiger partial charge in [-0.15, -0.1) is 0 Å². The van der Waals surface area contributed by atoms with Crippen molar-refractivity contribution in [2.24, 2.45) is 0 Å². The Hall–Kier alpha value is -2.47. The Labute approximate surface area is 136 Å². The molecule has 0 aromatic heterocycles. The lowest BCUT2D eigenvalue weighted by molar-refractivity contribution is -0.123. The van der Waals surface area contributed by atoms with Gasteiger partial charge < -0.3 is 10.1 Å². The maximum atomic E-state index is 13.5. The van der Waals surface area contributed by atoms with Gasteiger partial charge in [0.15, 0.2) is 6.10 Å². The number of nitrogens with one attached hydrogen (secondary N) is 1. The third kappa shape index (κ3) is 4.26. The third-order valence-corrected chi connectivity index (χ3v) is 3.25. The number of amides is 1. The minimum absolute atomic E-state index is 0.0276. The fourth-order valence-electron chi connectivity index (χ4n) is 1.73. The van der Waals surface area contributed by atoms with Gasteiger partial charge in [-0.05, 0) is 37.3 Å². The van der Waals surface area contributed by atoms with Gasteiger partial charge in [-0.3, -0.25) is 4.79 Å². The molecule has 0 heterocycles. The highest BCUT2D eigenvalue weighted by Gasteiger charge is 2.21. The number of para-hydroxylation sites is 1. The molecule has 1 amide bonds. The van der Waals surface area contributed by atoms with Crippen LogP contribution in [-0.4, -0.2) is 18.0 Å². The Balaban J connectivity index is 2.03. The second-order valence-electron chi connectivity index (χ2n) is 4.64. The second-order valence-corrected chi connectivity index (χ2v) is 5.05. The molecule has 0 bridgehead atoms. The molecule has 0 aliphatic carbocycles. The SMILES string of the molecule is C[C@@H](OC(=O)c1ccc(F)cc1Cl)C(=O)Nc1ccccc1F. The third-order valence-electron chi connectivity index (χ3n) is 2.94. The first-order valence-electron chi connectivity index (χ1n) is 6.60. The molecule has 2 aromatic carbocycles. The second kappa shape index (κ2) is 7.19. The molecule has 2 rings (SSSR count). The van der Waals surface area contributed by atoms with Crippen molar-refractivity contribution >= 4 is 29.2 Å². The van der Waals surface area contributed by atoms with Crippen LogP contribution in [0.15, 0.2) is 42.5 Å². The quantitative estimate of drug-likeness (QED) is 0.862. The number of benzene rings is 2. The average Bonchev–Trinajstić information content (AvgIpc) is 2.49. The number of hydrogen-bond acceptors (Lipinski definition) is 3. The monoisotopic (exact) mass is 339 g/mol. The van der Waals surface area contributed by atoms with Gasteiger partial charge >= 0.3 is 5.97 Å². The number of rotatable bonds is 4. The van der Waals surface area contributed by atoms with E-state index in [2.05, 4.69) is 5.32 Å². The van der Waals surface area contributed by atoms with Gasteiger partial charge in [0.2, 0.25) is 0 Å². The summed E-state index contributed by atoms with van der Waals surface area (Å²) in [6.07, 6.45) is -1.19. The van der Waals surface area contributed by atoms with E-state index in [9.17, 15) is 18.4 Å². The zero-order valence-corrected chi connectivity index (χ0v) is 12.7. The molecule has 2 aromatic rings. The highest BCUT2D eigenvalue weighted by Crippen LogP contribution is 2.19. The molecule has 0 saturated heterocycles. The average molecular weight is 340 g/mol. The van der Waals surface area contributed by atoms with Crippen molar-refractivity contribution in [3.8, 4) is 0 Å². The van der Waals surface area contributed by atoms with Crippen molar-refractivity contribution in [2.75, 3.05) is 5.32 Å². The number of ether oxygens (including phenoxy) is 1. The van der Waals surface area contributed by atoms with Crippen molar-refractivity contribution in [3.05, 3.63) is 64.7 Å². The molecule has 0 saturated carbocycles. The smallest absolute Gasteiger partial charge is 0.340 e. The molecule has 23 heavy (non-hydrogen) atoms. The van der Waals surface area contributed by atoms with Crippen LogP contribution in [0.1, 0.15) is 17.3 Å². The summed E-state index contributed by atoms with van der Waals surface area (Å²) in [4.78, 5) is 23.9. The molecule has 1 atom stereocenters. The van der Waals surface area contributed by atoms with E-state index in [1.54, 1.807) is 6.07 Å². The lowest BCUT2D eigenvalue weighted by atomic mass is 10.2. The Bertz CT molecular complexity index is 752. The van der Waals surface area contributed by atoms with Crippen LogP contribution >= 0.6 is 11.6 Å². The van der Waals surface area contributed by atoms with Crippen LogP contribution < -0.4 is 5.32 Å². The molecule has 0 aliphatic rings. The molecule has 0 unspecified atom stereocenters. The summed E-state index contributed by atoms with van der Waals surface area (Å²) in [5.41, 5.74) is -0.0983. The van der Waals surface area contributed by atoms with Gasteiger partial charge in [-0.1, -0.05) is 23.7 Å². The zero-order chi connectivity index (χ0) is 17.0. The Kier molecular flexibility index (Phi) is 5.28. The molecule has 0 aliphatic heterocycles. The van der Waals surface area contributed by atoms with Crippen LogP contribution in [0, 0.1) is 11.6 Å². The number of halogens is 3. The minimum Gasteiger partial charge on any atom is -0.449 e. The van der Waals surface area contributed by atoms with E-state index >= 15 is 0 Å². The highest BCUT2D eigenvalue weighted by atomic mass is 35.5. The molecule has 4 nitrogen and oxygen atoms in total. The molecule has 0 radical (unpaired) electrons. The molecule has 0 fully saturated rings. The number of anilines is 1. The van der Waals surface area contributed by atoms with Gasteiger partial charge in [-0.2, -0.15) is 0 Å².